The number of halogens is 1. The fraction of sp³-hybridized carbons (Fsp3) is 0.250. The second-order valence-corrected chi connectivity index (χ2v) is 5.96. The Bertz CT molecular complexity index is 796. The van der Waals surface area contributed by atoms with E-state index in [0.717, 1.165) is 23.2 Å². The maximum absolute atomic E-state index is 13.0. The van der Waals surface area contributed by atoms with E-state index in [2.05, 4.69) is 10.3 Å². The molecule has 0 aliphatic heterocycles. The molecule has 0 aliphatic carbocycles. The molecule has 0 saturated carbocycles. The molecule has 3 rings (SSSR count). The van der Waals surface area contributed by atoms with E-state index in [1.54, 1.807) is 18.4 Å². The van der Waals surface area contributed by atoms with Crippen molar-refractivity contribution in [1.29, 1.82) is 0 Å². The second-order valence-electron chi connectivity index (χ2n) is 5.96. The van der Waals surface area contributed by atoms with Gasteiger partial charge in [-0.05, 0) is 36.2 Å². The van der Waals surface area contributed by atoms with Gasteiger partial charge in [0.25, 0.3) is 0 Å². The summed E-state index contributed by atoms with van der Waals surface area (Å²) in [7, 11) is 0. The van der Waals surface area contributed by atoms with E-state index in [-0.39, 0.29) is 12.4 Å². The Morgan fingerprint density at radius 2 is 1.84 bits per heavy atom. The summed E-state index contributed by atoms with van der Waals surface area (Å²) >= 11 is 0. The number of nitrogens with zero attached hydrogens (tertiary/aromatic N) is 1. The summed E-state index contributed by atoms with van der Waals surface area (Å²) in [5, 5.41) is 13.4. The lowest BCUT2D eigenvalue weighted by Gasteiger charge is -2.32. The molecule has 5 heteroatoms. The lowest BCUT2D eigenvalue weighted by atomic mass is 9.88. The molecule has 130 valence electrons. The van der Waals surface area contributed by atoms with Gasteiger partial charge in [-0.1, -0.05) is 37.3 Å². The number of nitrogens with one attached hydrogen (secondary N) is 1. The van der Waals surface area contributed by atoms with Crippen molar-refractivity contribution in [1.82, 2.24) is 10.3 Å². The van der Waals surface area contributed by atoms with Gasteiger partial charge in [0, 0.05) is 12.1 Å². The van der Waals surface area contributed by atoms with Crippen LogP contribution in [0.4, 0.5) is 4.39 Å². The number of rotatable bonds is 7. The largest absolute Gasteiger partial charge is 0.444 e. The van der Waals surface area contributed by atoms with Crippen LogP contribution in [0, 0.1) is 5.82 Å². The van der Waals surface area contributed by atoms with Crippen LogP contribution in [0.3, 0.4) is 0 Å². The molecule has 1 atom stereocenters. The van der Waals surface area contributed by atoms with Gasteiger partial charge in [0.1, 0.15) is 12.1 Å². The molecule has 1 heterocycles. The van der Waals surface area contributed by atoms with Gasteiger partial charge in [-0.15, -0.1) is 0 Å². The third-order valence-electron chi connectivity index (χ3n) is 4.45. The highest BCUT2D eigenvalue weighted by Crippen LogP contribution is 2.25. The van der Waals surface area contributed by atoms with E-state index in [1.165, 1.54) is 12.1 Å². The first-order valence-electron chi connectivity index (χ1n) is 8.28. The number of hydrogen-bond donors (Lipinski definition) is 2. The van der Waals surface area contributed by atoms with Gasteiger partial charge in [0.15, 0.2) is 0 Å². The van der Waals surface area contributed by atoms with E-state index < -0.39 is 5.54 Å². The highest BCUT2D eigenvalue weighted by atomic mass is 19.1. The summed E-state index contributed by atoms with van der Waals surface area (Å²) in [5.41, 5.74) is 1.94. The summed E-state index contributed by atoms with van der Waals surface area (Å²) in [5.74, 6) is 0.151. The van der Waals surface area contributed by atoms with Crippen molar-refractivity contribution in [3.8, 4) is 11.5 Å². The van der Waals surface area contributed by atoms with Crippen LogP contribution in [0.25, 0.3) is 11.5 Å². The minimum absolute atomic E-state index is 0.0177. The van der Waals surface area contributed by atoms with Crippen LogP contribution in [0.2, 0.25) is 0 Å². The molecule has 0 unspecified atom stereocenters. The Morgan fingerprint density at radius 3 is 2.48 bits per heavy atom. The summed E-state index contributed by atoms with van der Waals surface area (Å²) in [4.78, 5) is 4.44. The third-order valence-corrected chi connectivity index (χ3v) is 4.45. The molecule has 0 saturated heterocycles. The van der Waals surface area contributed by atoms with Crippen molar-refractivity contribution in [3.63, 3.8) is 0 Å². The van der Waals surface area contributed by atoms with Crippen LogP contribution in [0.5, 0.6) is 0 Å². The van der Waals surface area contributed by atoms with Crippen LogP contribution in [0.1, 0.15) is 24.6 Å². The quantitative estimate of drug-likeness (QED) is 0.685. The summed E-state index contributed by atoms with van der Waals surface area (Å²) in [6.45, 7) is 2.47. The van der Waals surface area contributed by atoms with Crippen molar-refractivity contribution in [2.75, 3.05) is 6.61 Å². The molecular weight excluding hydrogens is 319 g/mol. The fourth-order valence-corrected chi connectivity index (χ4v) is 2.82. The predicted octanol–water partition coefficient (Wildman–Crippen LogP) is 3.87. The Hall–Kier alpha value is -2.50. The van der Waals surface area contributed by atoms with Gasteiger partial charge < -0.3 is 9.52 Å². The summed E-state index contributed by atoms with van der Waals surface area (Å²) in [6, 6.07) is 15.9. The average molecular weight is 340 g/mol. The predicted molar refractivity (Wildman–Crippen MR) is 94.2 cm³/mol. The molecule has 0 aliphatic rings. The van der Waals surface area contributed by atoms with Gasteiger partial charge in [-0.2, -0.15) is 0 Å². The minimum Gasteiger partial charge on any atom is -0.444 e. The van der Waals surface area contributed by atoms with Gasteiger partial charge in [0.05, 0.1) is 17.8 Å². The van der Waals surface area contributed by atoms with Crippen LogP contribution in [-0.2, 0) is 12.1 Å². The summed E-state index contributed by atoms with van der Waals surface area (Å²) < 4.78 is 18.5. The highest BCUT2D eigenvalue weighted by Gasteiger charge is 2.29. The second kappa shape index (κ2) is 7.59. The van der Waals surface area contributed by atoms with Crippen molar-refractivity contribution in [3.05, 3.63) is 77.9 Å². The fourth-order valence-electron chi connectivity index (χ4n) is 2.82. The van der Waals surface area contributed by atoms with Crippen LogP contribution < -0.4 is 5.32 Å². The van der Waals surface area contributed by atoms with E-state index in [1.807, 2.05) is 37.3 Å². The number of oxazole rings is 1. The third kappa shape index (κ3) is 3.78. The number of hydrogen-bond acceptors (Lipinski definition) is 4. The zero-order valence-electron chi connectivity index (χ0n) is 14.1. The van der Waals surface area contributed by atoms with Gasteiger partial charge in [-0.25, -0.2) is 9.37 Å². The molecule has 3 aromatic rings. The molecule has 0 bridgehead atoms. The lowest BCUT2D eigenvalue weighted by Crippen LogP contribution is -2.44. The van der Waals surface area contributed by atoms with E-state index in [4.69, 9.17) is 4.42 Å². The van der Waals surface area contributed by atoms with Gasteiger partial charge in [0.2, 0.25) is 5.89 Å². The zero-order chi connectivity index (χ0) is 17.7. The first kappa shape index (κ1) is 17.3. The Morgan fingerprint density at radius 1 is 1.12 bits per heavy atom. The van der Waals surface area contributed by atoms with Gasteiger partial charge >= 0.3 is 0 Å². The number of aromatic nitrogens is 1. The molecule has 25 heavy (non-hydrogen) atoms. The molecule has 1 aromatic heterocycles. The van der Waals surface area contributed by atoms with Crippen molar-refractivity contribution in [2.45, 2.75) is 25.4 Å². The van der Waals surface area contributed by atoms with Crippen LogP contribution in [-0.4, -0.2) is 16.7 Å². The maximum Gasteiger partial charge on any atom is 0.226 e. The Kier molecular flexibility index (Phi) is 5.26. The van der Waals surface area contributed by atoms with Crippen molar-refractivity contribution >= 4 is 0 Å². The average Bonchev–Trinajstić information content (AvgIpc) is 3.13. The highest BCUT2D eigenvalue weighted by molar-refractivity contribution is 5.52. The van der Waals surface area contributed by atoms with Crippen LogP contribution in [0.15, 0.2) is 65.3 Å². The molecule has 2 aromatic carbocycles. The zero-order valence-corrected chi connectivity index (χ0v) is 14.1. The minimum atomic E-state index is -0.531. The topological polar surface area (TPSA) is 58.3 Å². The Balaban J connectivity index is 1.75. The first-order valence-corrected chi connectivity index (χ1v) is 8.28. The Labute approximate surface area is 146 Å². The van der Waals surface area contributed by atoms with Crippen LogP contribution >= 0.6 is 0 Å². The smallest absolute Gasteiger partial charge is 0.226 e. The molecule has 0 spiro atoms. The van der Waals surface area contributed by atoms with E-state index in [0.29, 0.717) is 12.4 Å². The standard InChI is InChI=1S/C20H21FN2O2/c1-2-20(14-24,16-6-4-3-5-7-16)22-12-18-13-25-19(23-18)15-8-10-17(21)11-9-15/h3-11,13,22,24H,2,12,14H2,1H3/t20-/m1/s1. The number of aliphatic hydroxyl groups excluding tert-OH is 1. The number of benzene rings is 2. The van der Waals surface area contributed by atoms with Crippen molar-refractivity contribution in [2.24, 2.45) is 0 Å². The van der Waals surface area contributed by atoms with E-state index >= 15 is 0 Å². The molecule has 0 radical (unpaired) electrons. The SMILES string of the molecule is CC[C@](CO)(NCc1coc(-c2ccc(F)cc2)n1)c1ccccc1. The van der Waals surface area contributed by atoms with E-state index in [9.17, 15) is 9.50 Å². The molecule has 4 nitrogen and oxygen atoms in total. The van der Waals surface area contributed by atoms with Gasteiger partial charge in [-0.3, -0.25) is 5.32 Å². The molecular formula is C20H21FN2O2. The molecule has 0 fully saturated rings. The first-order chi connectivity index (χ1) is 12.2. The lowest BCUT2D eigenvalue weighted by molar-refractivity contribution is 0.153. The maximum atomic E-state index is 13.0. The normalized spacial score (nSPS) is 13.6. The number of aliphatic hydroxyl groups is 1. The molecule has 2 N–H and O–H groups in total. The monoisotopic (exact) mass is 340 g/mol. The van der Waals surface area contributed by atoms with Crippen molar-refractivity contribution < 1.29 is 13.9 Å². The summed E-state index contributed by atoms with van der Waals surface area (Å²) in [6.07, 6.45) is 2.31. The molecule has 0 amide bonds.